The van der Waals surface area contributed by atoms with Gasteiger partial charge in [0, 0.05) is 25.3 Å². The van der Waals surface area contributed by atoms with Gasteiger partial charge in [-0.25, -0.2) is 4.79 Å². The number of urea groups is 1. The summed E-state index contributed by atoms with van der Waals surface area (Å²) in [4.78, 5) is 18.0. The van der Waals surface area contributed by atoms with E-state index in [9.17, 15) is 4.79 Å². The lowest BCUT2D eigenvalue weighted by atomic mass is 10.2. The van der Waals surface area contributed by atoms with Crippen LogP contribution in [-0.2, 0) is 6.54 Å². The fourth-order valence-electron chi connectivity index (χ4n) is 2.51. The molecule has 1 fully saturated rings. The van der Waals surface area contributed by atoms with Crippen LogP contribution in [-0.4, -0.2) is 45.2 Å². The van der Waals surface area contributed by atoms with Crippen LogP contribution in [0.2, 0.25) is 0 Å². The van der Waals surface area contributed by atoms with Crippen molar-refractivity contribution in [2.45, 2.75) is 50.9 Å². The zero-order valence-corrected chi connectivity index (χ0v) is 13.1. The smallest absolute Gasteiger partial charge is 0.317 e. The van der Waals surface area contributed by atoms with Crippen molar-refractivity contribution in [1.82, 2.24) is 20.4 Å². The number of carbonyl (C=O) groups excluding carboxylic acids is 1. The molecular weight excluding hydrogens is 276 g/mol. The highest BCUT2D eigenvalue weighted by Crippen LogP contribution is 2.32. The summed E-state index contributed by atoms with van der Waals surface area (Å²) in [7, 11) is 1.86. The van der Waals surface area contributed by atoms with Crippen LogP contribution in [0.25, 0.3) is 0 Å². The minimum absolute atomic E-state index is 0.0698. The van der Waals surface area contributed by atoms with Gasteiger partial charge in [-0.2, -0.15) is 16.7 Å². The van der Waals surface area contributed by atoms with Gasteiger partial charge in [0.1, 0.15) is 0 Å². The zero-order chi connectivity index (χ0) is 14.5. The van der Waals surface area contributed by atoms with E-state index in [1.54, 1.807) is 6.92 Å². The number of carbonyl (C=O) groups is 1. The van der Waals surface area contributed by atoms with Gasteiger partial charge in [-0.3, -0.25) is 0 Å². The standard InChI is InChI=1S/C13H22N4O2S/c1-4-20-11-6-5-10(7-11)17(3)13(18)14-8-12-15-9(2)19-16-12/h10-11H,4-8H2,1-3H3,(H,14,18). The van der Waals surface area contributed by atoms with Crippen molar-refractivity contribution >= 4 is 17.8 Å². The average molecular weight is 298 g/mol. The van der Waals surface area contributed by atoms with Gasteiger partial charge in [-0.05, 0) is 25.0 Å². The van der Waals surface area contributed by atoms with Crippen LogP contribution in [0.4, 0.5) is 4.79 Å². The first-order valence-corrected chi connectivity index (χ1v) is 8.06. The molecular formula is C13H22N4O2S. The molecule has 112 valence electrons. The van der Waals surface area contributed by atoms with Crippen molar-refractivity contribution < 1.29 is 9.32 Å². The van der Waals surface area contributed by atoms with Gasteiger partial charge in [-0.15, -0.1) is 0 Å². The summed E-state index contributed by atoms with van der Waals surface area (Å²) in [6.45, 7) is 4.22. The highest BCUT2D eigenvalue weighted by molar-refractivity contribution is 7.99. The Bertz CT molecular complexity index is 451. The number of hydrogen-bond acceptors (Lipinski definition) is 5. The third-order valence-corrected chi connectivity index (χ3v) is 4.83. The summed E-state index contributed by atoms with van der Waals surface area (Å²) in [6, 6.07) is 0.269. The van der Waals surface area contributed by atoms with Crippen molar-refractivity contribution in [3.63, 3.8) is 0 Å². The van der Waals surface area contributed by atoms with Crippen LogP contribution in [0.3, 0.4) is 0 Å². The number of nitrogens with one attached hydrogen (secondary N) is 1. The van der Waals surface area contributed by atoms with Crippen LogP contribution < -0.4 is 5.32 Å². The summed E-state index contributed by atoms with van der Waals surface area (Å²) >= 11 is 1.99. The minimum Gasteiger partial charge on any atom is -0.340 e. The molecule has 6 nitrogen and oxygen atoms in total. The number of thioether (sulfide) groups is 1. The molecule has 7 heteroatoms. The first kappa shape index (κ1) is 15.2. The molecule has 1 aliphatic carbocycles. The van der Waals surface area contributed by atoms with Crippen molar-refractivity contribution in [3.8, 4) is 0 Å². The molecule has 20 heavy (non-hydrogen) atoms. The van der Waals surface area contributed by atoms with Gasteiger partial charge >= 0.3 is 6.03 Å². The summed E-state index contributed by atoms with van der Waals surface area (Å²) < 4.78 is 4.87. The Hall–Kier alpha value is -1.24. The quantitative estimate of drug-likeness (QED) is 0.902. The maximum atomic E-state index is 12.1. The van der Waals surface area contributed by atoms with Gasteiger partial charge in [0.25, 0.3) is 0 Å². The maximum absolute atomic E-state index is 12.1. The summed E-state index contributed by atoms with van der Waals surface area (Å²) in [5.41, 5.74) is 0. The van der Waals surface area contributed by atoms with E-state index < -0.39 is 0 Å². The zero-order valence-electron chi connectivity index (χ0n) is 12.3. The SMILES string of the molecule is CCSC1CCC(N(C)C(=O)NCc2noc(C)n2)C1. The molecule has 0 spiro atoms. The van der Waals surface area contributed by atoms with E-state index in [0.717, 1.165) is 18.6 Å². The highest BCUT2D eigenvalue weighted by atomic mass is 32.2. The first-order chi connectivity index (χ1) is 9.60. The fourth-order valence-corrected chi connectivity index (χ4v) is 3.65. The van der Waals surface area contributed by atoms with E-state index in [1.807, 2.05) is 23.7 Å². The molecule has 2 rings (SSSR count). The molecule has 0 aliphatic heterocycles. The Balaban J connectivity index is 1.77. The Morgan fingerprint density at radius 1 is 1.55 bits per heavy atom. The monoisotopic (exact) mass is 298 g/mol. The second kappa shape index (κ2) is 6.97. The number of amides is 2. The molecule has 0 bridgehead atoms. The molecule has 1 saturated carbocycles. The van der Waals surface area contributed by atoms with Crippen molar-refractivity contribution in [2.75, 3.05) is 12.8 Å². The molecule has 1 aromatic rings. The van der Waals surface area contributed by atoms with E-state index in [1.165, 1.54) is 6.42 Å². The average Bonchev–Trinajstić information content (AvgIpc) is 3.05. The van der Waals surface area contributed by atoms with Crippen LogP contribution in [0, 0.1) is 6.92 Å². The number of nitrogens with zero attached hydrogens (tertiary/aromatic N) is 3. The number of aryl methyl sites for hydroxylation is 1. The van der Waals surface area contributed by atoms with E-state index in [0.29, 0.717) is 29.6 Å². The van der Waals surface area contributed by atoms with E-state index in [4.69, 9.17) is 4.52 Å². The molecule has 2 unspecified atom stereocenters. The van der Waals surface area contributed by atoms with Gasteiger partial charge in [0.15, 0.2) is 5.82 Å². The molecule has 1 N–H and O–H groups in total. The Kier molecular flexibility index (Phi) is 5.28. The molecule has 1 aromatic heterocycles. The predicted octanol–water partition coefficient (Wildman–Crippen LogP) is 2.19. The Morgan fingerprint density at radius 3 is 3.00 bits per heavy atom. The number of rotatable bonds is 5. The lowest BCUT2D eigenvalue weighted by Gasteiger charge is -2.24. The summed E-state index contributed by atoms with van der Waals surface area (Å²) in [6.07, 6.45) is 3.37. The minimum atomic E-state index is -0.0698. The highest BCUT2D eigenvalue weighted by Gasteiger charge is 2.29. The molecule has 0 aromatic carbocycles. The molecule has 0 saturated heterocycles. The van der Waals surface area contributed by atoms with Crippen molar-refractivity contribution in [3.05, 3.63) is 11.7 Å². The number of aromatic nitrogens is 2. The fraction of sp³-hybridized carbons (Fsp3) is 0.769. The van der Waals surface area contributed by atoms with Crippen molar-refractivity contribution in [2.24, 2.45) is 0 Å². The lowest BCUT2D eigenvalue weighted by Crippen LogP contribution is -2.42. The third kappa shape index (κ3) is 3.88. The maximum Gasteiger partial charge on any atom is 0.317 e. The van der Waals surface area contributed by atoms with Gasteiger partial charge in [0.05, 0.1) is 6.54 Å². The van der Waals surface area contributed by atoms with E-state index in [2.05, 4.69) is 22.4 Å². The molecule has 0 radical (unpaired) electrons. The lowest BCUT2D eigenvalue weighted by molar-refractivity contribution is 0.190. The van der Waals surface area contributed by atoms with Crippen LogP contribution >= 0.6 is 11.8 Å². The molecule has 2 atom stereocenters. The number of hydrogen-bond donors (Lipinski definition) is 1. The van der Waals surface area contributed by atoms with E-state index >= 15 is 0 Å². The molecule has 2 amide bonds. The Morgan fingerprint density at radius 2 is 2.35 bits per heavy atom. The van der Waals surface area contributed by atoms with Crippen LogP contribution in [0.5, 0.6) is 0 Å². The van der Waals surface area contributed by atoms with Crippen molar-refractivity contribution in [1.29, 1.82) is 0 Å². The summed E-state index contributed by atoms with van der Waals surface area (Å²) in [5.74, 6) is 2.16. The topological polar surface area (TPSA) is 71.3 Å². The third-order valence-electron chi connectivity index (χ3n) is 3.59. The molecule has 1 aliphatic rings. The van der Waals surface area contributed by atoms with Crippen LogP contribution in [0.1, 0.15) is 37.9 Å². The van der Waals surface area contributed by atoms with Gasteiger partial charge in [0.2, 0.25) is 5.89 Å². The normalized spacial score (nSPS) is 21.9. The van der Waals surface area contributed by atoms with Gasteiger partial charge in [-0.1, -0.05) is 12.1 Å². The van der Waals surface area contributed by atoms with Gasteiger partial charge < -0.3 is 14.7 Å². The predicted molar refractivity (Wildman–Crippen MR) is 78.6 cm³/mol. The first-order valence-electron chi connectivity index (χ1n) is 7.01. The van der Waals surface area contributed by atoms with E-state index in [-0.39, 0.29) is 6.03 Å². The summed E-state index contributed by atoms with van der Waals surface area (Å²) in [5, 5.41) is 7.28. The van der Waals surface area contributed by atoms with Crippen LogP contribution in [0.15, 0.2) is 4.52 Å². The Labute approximate surface area is 123 Å². The molecule has 1 heterocycles. The second-order valence-electron chi connectivity index (χ2n) is 5.04. The largest absolute Gasteiger partial charge is 0.340 e. The second-order valence-corrected chi connectivity index (χ2v) is 6.62.